The summed E-state index contributed by atoms with van der Waals surface area (Å²) < 4.78 is 6.54. The molecule has 0 spiro atoms. The average Bonchev–Trinajstić information content (AvgIpc) is 2.41. The van der Waals surface area contributed by atoms with Gasteiger partial charge in [-0.25, -0.2) is 0 Å². The highest BCUT2D eigenvalue weighted by molar-refractivity contribution is 9.10. The Morgan fingerprint density at radius 1 is 1.44 bits per heavy atom. The highest BCUT2D eigenvalue weighted by Crippen LogP contribution is 2.32. The molecule has 0 aromatic heterocycles. The van der Waals surface area contributed by atoms with Gasteiger partial charge in [-0.1, -0.05) is 15.9 Å². The summed E-state index contributed by atoms with van der Waals surface area (Å²) in [5, 5.41) is 0. The van der Waals surface area contributed by atoms with Gasteiger partial charge in [-0.15, -0.1) is 0 Å². The minimum atomic E-state index is 0.248. The predicted molar refractivity (Wildman–Crippen MR) is 81.4 cm³/mol. The lowest BCUT2D eigenvalue weighted by atomic mass is 10.0. The molecule has 3 nitrogen and oxygen atoms in total. The third-order valence-corrected chi connectivity index (χ3v) is 4.70. The zero-order chi connectivity index (χ0) is 13.0. The van der Waals surface area contributed by atoms with Crippen LogP contribution in [0.25, 0.3) is 0 Å². The average molecular weight is 331 g/mol. The highest BCUT2D eigenvalue weighted by Gasteiger charge is 2.24. The summed E-state index contributed by atoms with van der Waals surface area (Å²) in [5.41, 5.74) is 7.17. The summed E-state index contributed by atoms with van der Waals surface area (Å²) in [6.45, 7) is 2.82. The first kappa shape index (κ1) is 14.2. The molecule has 2 N–H and O–H groups in total. The number of hydrogen-bond donors (Lipinski definition) is 1. The molecule has 1 aromatic rings. The van der Waals surface area contributed by atoms with Crippen molar-refractivity contribution < 1.29 is 4.74 Å². The maximum atomic E-state index is 5.99. The van der Waals surface area contributed by atoms with Gasteiger partial charge in [-0.05, 0) is 18.2 Å². The number of hydrogen-bond acceptors (Lipinski definition) is 4. The van der Waals surface area contributed by atoms with Crippen molar-refractivity contribution >= 4 is 27.7 Å². The molecule has 0 aliphatic carbocycles. The van der Waals surface area contributed by atoms with Crippen LogP contribution < -0.4 is 10.5 Å². The molecule has 0 bridgehead atoms. The molecule has 1 fully saturated rings. The van der Waals surface area contributed by atoms with Crippen LogP contribution in [-0.2, 0) is 0 Å². The second kappa shape index (κ2) is 6.80. The summed E-state index contributed by atoms with van der Waals surface area (Å²) >= 11 is 5.54. The number of benzene rings is 1. The smallest absolute Gasteiger partial charge is 0.123 e. The molecular weight excluding hydrogens is 312 g/mol. The van der Waals surface area contributed by atoms with Crippen molar-refractivity contribution in [2.75, 3.05) is 38.2 Å². The zero-order valence-electron chi connectivity index (χ0n) is 10.6. The number of thioether (sulfide) groups is 1. The lowest BCUT2D eigenvalue weighted by Crippen LogP contribution is -2.39. The molecule has 1 saturated heterocycles. The second-order valence-electron chi connectivity index (χ2n) is 4.29. The lowest BCUT2D eigenvalue weighted by molar-refractivity contribution is 0.218. The summed E-state index contributed by atoms with van der Waals surface area (Å²) in [6.07, 6.45) is 0. The fraction of sp³-hybridized carbons (Fsp3) is 0.538. The number of rotatable bonds is 4. The Morgan fingerprint density at radius 3 is 2.78 bits per heavy atom. The maximum absolute atomic E-state index is 5.99. The molecule has 1 aliphatic heterocycles. The second-order valence-corrected chi connectivity index (χ2v) is 6.43. The summed E-state index contributed by atoms with van der Waals surface area (Å²) in [6, 6.07) is 6.37. The van der Waals surface area contributed by atoms with Crippen molar-refractivity contribution in [3.63, 3.8) is 0 Å². The van der Waals surface area contributed by atoms with Gasteiger partial charge in [0, 0.05) is 41.2 Å². The number of halogens is 1. The van der Waals surface area contributed by atoms with E-state index in [0.717, 1.165) is 23.3 Å². The van der Waals surface area contributed by atoms with Gasteiger partial charge in [0.25, 0.3) is 0 Å². The van der Waals surface area contributed by atoms with E-state index in [2.05, 4.69) is 26.9 Å². The van der Waals surface area contributed by atoms with Crippen molar-refractivity contribution in [1.82, 2.24) is 4.90 Å². The van der Waals surface area contributed by atoms with Crippen molar-refractivity contribution in [3.05, 3.63) is 28.2 Å². The van der Waals surface area contributed by atoms with E-state index >= 15 is 0 Å². The largest absolute Gasteiger partial charge is 0.496 e. The molecule has 2 rings (SSSR count). The van der Waals surface area contributed by atoms with Gasteiger partial charge in [0.15, 0.2) is 0 Å². The fourth-order valence-electron chi connectivity index (χ4n) is 2.33. The molecule has 0 saturated carbocycles. The Balaban J connectivity index is 2.27. The molecule has 0 radical (unpaired) electrons. The Kier molecular flexibility index (Phi) is 5.36. The first-order valence-corrected chi connectivity index (χ1v) is 8.06. The molecule has 1 heterocycles. The molecular formula is C13H19BrN2OS. The van der Waals surface area contributed by atoms with E-state index in [9.17, 15) is 0 Å². The van der Waals surface area contributed by atoms with E-state index in [0.29, 0.717) is 6.54 Å². The molecule has 100 valence electrons. The van der Waals surface area contributed by atoms with Gasteiger partial charge in [-0.2, -0.15) is 11.8 Å². The SMILES string of the molecule is COc1ccc(Br)cc1C(CN)N1CCSCC1. The third kappa shape index (κ3) is 3.20. The summed E-state index contributed by atoms with van der Waals surface area (Å²) in [4.78, 5) is 2.46. The fourth-order valence-corrected chi connectivity index (χ4v) is 3.64. The summed E-state index contributed by atoms with van der Waals surface area (Å²) in [7, 11) is 1.71. The maximum Gasteiger partial charge on any atom is 0.123 e. The van der Waals surface area contributed by atoms with E-state index in [1.807, 2.05) is 23.9 Å². The van der Waals surface area contributed by atoms with Gasteiger partial charge < -0.3 is 10.5 Å². The van der Waals surface area contributed by atoms with Crippen molar-refractivity contribution in [2.45, 2.75) is 6.04 Å². The van der Waals surface area contributed by atoms with Gasteiger partial charge in [-0.3, -0.25) is 4.90 Å². The third-order valence-electron chi connectivity index (χ3n) is 3.26. The van der Waals surface area contributed by atoms with Crippen LogP contribution in [0.2, 0.25) is 0 Å². The Bertz CT molecular complexity index is 397. The van der Waals surface area contributed by atoms with Crippen molar-refractivity contribution in [2.24, 2.45) is 5.73 Å². The van der Waals surface area contributed by atoms with E-state index in [1.54, 1.807) is 7.11 Å². The normalized spacial score (nSPS) is 18.6. The lowest BCUT2D eigenvalue weighted by Gasteiger charge is -2.34. The molecule has 1 aliphatic rings. The Labute approximate surface area is 121 Å². The molecule has 18 heavy (non-hydrogen) atoms. The van der Waals surface area contributed by atoms with E-state index in [4.69, 9.17) is 10.5 Å². The van der Waals surface area contributed by atoms with Crippen LogP contribution in [0.15, 0.2) is 22.7 Å². The number of methoxy groups -OCH3 is 1. The topological polar surface area (TPSA) is 38.5 Å². The molecule has 5 heteroatoms. The monoisotopic (exact) mass is 330 g/mol. The van der Waals surface area contributed by atoms with Crippen molar-refractivity contribution in [3.8, 4) is 5.75 Å². The molecule has 0 amide bonds. The van der Waals surface area contributed by atoms with Crippen LogP contribution in [0, 0.1) is 0 Å². The Hall–Kier alpha value is -0.230. The molecule has 1 unspecified atom stereocenters. The standard InChI is InChI=1S/C13H19BrN2OS/c1-17-13-3-2-10(14)8-11(13)12(9-15)16-4-6-18-7-5-16/h2-3,8,12H,4-7,9,15H2,1H3. The van der Waals surface area contributed by atoms with Crippen LogP contribution in [0.4, 0.5) is 0 Å². The zero-order valence-corrected chi connectivity index (χ0v) is 13.0. The minimum absolute atomic E-state index is 0.248. The van der Waals surface area contributed by atoms with Gasteiger partial charge >= 0.3 is 0 Å². The quantitative estimate of drug-likeness (QED) is 0.920. The van der Waals surface area contributed by atoms with Crippen LogP contribution in [0.3, 0.4) is 0 Å². The van der Waals surface area contributed by atoms with Gasteiger partial charge in [0.2, 0.25) is 0 Å². The highest BCUT2D eigenvalue weighted by atomic mass is 79.9. The minimum Gasteiger partial charge on any atom is -0.496 e. The van der Waals surface area contributed by atoms with Crippen LogP contribution >= 0.6 is 27.7 Å². The van der Waals surface area contributed by atoms with Crippen LogP contribution in [0.1, 0.15) is 11.6 Å². The number of ether oxygens (including phenoxy) is 1. The van der Waals surface area contributed by atoms with E-state index < -0.39 is 0 Å². The first-order chi connectivity index (χ1) is 8.76. The molecule has 1 atom stereocenters. The van der Waals surface area contributed by atoms with E-state index in [1.165, 1.54) is 17.1 Å². The van der Waals surface area contributed by atoms with Gasteiger partial charge in [0.1, 0.15) is 5.75 Å². The molecule has 1 aromatic carbocycles. The van der Waals surface area contributed by atoms with E-state index in [-0.39, 0.29) is 6.04 Å². The number of nitrogens with zero attached hydrogens (tertiary/aromatic N) is 1. The van der Waals surface area contributed by atoms with Crippen LogP contribution in [0.5, 0.6) is 5.75 Å². The Morgan fingerprint density at radius 2 is 2.17 bits per heavy atom. The van der Waals surface area contributed by atoms with Crippen molar-refractivity contribution in [1.29, 1.82) is 0 Å². The summed E-state index contributed by atoms with van der Waals surface area (Å²) in [5.74, 6) is 3.30. The number of nitrogens with two attached hydrogens (primary N) is 1. The van der Waals surface area contributed by atoms with Crippen LogP contribution in [-0.4, -0.2) is 43.1 Å². The predicted octanol–water partition coefficient (Wildman–Crippen LogP) is 2.51. The first-order valence-electron chi connectivity index (χ1n) is 6.11. The van der Waals surface area contributed by atoms with Gasteiger partial charge in [0.05, 0.1) is 13.2 Å².